The molecule has 0 aromatic heterocycles. The summed E-state index contributed by atoms with van der Waals surface area (Å²) < 4.78 is 0. The third-order valence-electron chi connectivity index (χ3n) is 4.45. The Labute approximate surface area is 98.3 Å². The lowest BCUT2D eigenvalue weighted by atomic mass is 9.80. The minimum absolute atomic E-state index is 0.617. The van der Waals surface area contributed by atoms with Gasteiger partial charge in [0, 0.05) is 12.1 Å². The van der Waals surface area contributed by atoms with Gasteiger partial charge in [-0.15, -0.1) is 0 Å². The second kappa shape index (κ2) is 4.21. The van der Waals surface area contributed by atoms with Gasteiger partial charge in [-0.3, -0.25) is 0 Å². The van der Waals surface area contributed by atoms with Crippen molar-refractivity contribution < 1.29 is 0 Å². The zero-order valence-electron chi connectivity index (χ0n) is 10.1. The summed E-state index contributed by atoms with van der Waals surface area (Å²) >= 11 is 0. The Bertz CT molecular complexity index is 367. The van der Waals surface area contributed by atoms with Gasteiger partial charge >= 0.3 is 0 Å². The fourth-order valence-corrected chi connectivity index (χ4v) is 3.12. The van der Waals surface area contributed by atoms with Gasteiger partial charge in [0.25, 0.3) is 0 Å². The molecular formula is C15H21N. The van der Waals surface area contributed by atoms with Gasteiger partial charge in [0.15, 0.2) is 0 Å². The van der Waals surface area contributed by atoms with E-state index in [1.54, 1.807) is 11.1 Å². The molecule has 2 atom stereocenters. The van der Waals surface area contributed by atoms with Gasteiger partial charge in [0.1, 0.15) is 0 Å². The molecule has 86 valence electrons. The number of fused-ring (bicyclic) bond motifs is 1. The molecule has 0 aliphatic heterocycles. The second-order valence-corrected chi connectivity index (χ2v) is 5.44. The molecule has 1 nitrogen and oxygen atoms in total. The van der Waals surface area contributed by atoms with E-state index in [0.29, 0.717) is 12.1 Å². The van der Waals surface area contributed by atoms with Crippen molar-refractivity contribution in [2.45, 2.75) is 51.1 Å². The third-order valence-corrected chi connectivity index (χ3v) is 4.45. The standard InChI is InChI=1S/C15H21N/c1-11(12-6-4-7-12)16-15-10-9-13-5-2-3-8-14(13)15/h2-3,5,8,11-12,15-16H,4,6-7,9-10H2,1H3. The monoisotopic (exact) mass is 215 g/mol. The predicted octanol–water partition coefficient (Wildman–Crippen LogP) is 3.45. The first-order valence-electron chi connectivity index (χ1n) is 6.68. The molecule has 16 heavy (non-hydrogen) atoms. The van der Waals surface area contributed by atoms with E-state index in [1.807, 2.05) is 0 Å². The van der Waals surface area contributed by atoms with E-state index in [1.165, 1.54) is 32.1 Å². The van der Waals surface area contributed by atoms with Crippen LogP contribution in [-0.4, -0.2) is 6.04 Å². The number of benzene rings is 1. The lowest BCUT2D eigenvalue weighted by molar-refractivity contribution is 0.226. The number of nitrogens with one attached hydrogen (secondary N) is 1. The van der Waals surface area contributed by atoms with Crippen molar-refractivity contribution in [1.29, 1.82) is 0 Å². The highest BCUT2D eigenvalue weighted by Crippen LogP contribution is 2.34. The summed E-state index contributed by atoms with van der Waals surface area (Å²) in [6.45, 7) is 2.37. The number of hydrogen-bond acceptors (Lipinski definition) is 1. The summed E-state index contributed by atoms with van der Waals surface area (Å²) in [5.41, 5.74) is 3.11. The maximum atomic E-state index is 3.84. The minimum Gasteiger partial charge on any atom is -0.307 e. The van der Waals surface area contributed by atoms with Crippen LogP contribution in [0.1, 0.15) is 49.8 Å². The quantitative estimate of drug-likeness (QED) is 0.814. The van der Waals surface area contributed by atoms with Gasteiger partial charge in [-0.1, -0.05) is 30.7 Å². The number of hydrogen-bond donors (Lipinski definition) is 1. The molecule has 0 amide bonds. The molecule has 2 unspecified atom stereocenters. The number of rotatable bonds is 3. The summed E-state index contributed by atoms with van der Waals surface area (Å²) in [6, 6.07) is 10.2. The van der Waals surface area contributed by atoms with Gasteiger partial charge in [0.2, 0.25) is 0 Å². The van der Waals surface area contributed by atoms with Crippen LogP contribution in [0.4, 0.5) is 0 Å². The highest BCUT2D eigenvalue weighted by molar-refractivity contribution is 5.34. The average Bonchev–Trinajstić information content (AvgIpc) is 2.59. The fourth-order valence-electron chi connectivity index (χ4n) is 3.12. The summed E-state index contributed by atoms with van der Waals surface area (Å²) in [6.07, 6.45) is 6.85. The highest BCUT2D eigenvalue weighted by atomic mass is 15.0. The van der Waals surface area contributed by atoms with Crippen molar-refractivity contribution in [2.24, 2.45) is 5.92 Å². The van der Waals surface area contributed by atoms with E-state index in [4.69, 9.17) is 0 Å². The second-order valence-electron chi connectivity index (χ2n) is 5.44. The molecule has 0 bridgehead atoms. The van der Waals surface area contributed by atoms with Crippen molar-refractivity contribution in [3.05, 3.63) is 35.4 Å². The highest BCUT2D eigenvalue weighted by Gasteiger charge is 2.28. The van der Waals surface area contributed by atoms with Crippen LogP contribution in [0.25, 0.3) is 0 Å². The molecule has 3 rings (SSSR count). The molecule has 2 aliphatic rings. The maximum Gasteiger partial charge on any atom is 0.0328 e. The van der Waals surface area contributed by atoms with Gasteiger partial charge in [0.05, 0.1) is 0 Å². The van der Waals surface area contributed by atoms with Crippen molar-refractivity contribution in [3.63, 3.8) is 0 Å². The van der Waals surface area contributed by atoms with E-state index >= 15 is 0 Å². The topological polar surface area (TPSA) is 12.0 Å². The van der Waals surface area contributed by atoms with E-state index in [0.717, 1.165) is 5.92 Å². The van der Waals surface area contributed by atoms with Gasteiger partial charge in [-0.2, -0.15) is 0 Å². The summed E-state index contributed by atoms with van der Waals surface area (Å²) in [5.74, 6) is 0.938. The Kier molecular flexibility index (Phi) is 2.72. The molecule has 1 aromatic rings. The van der Waals surface area contributed by atoms with Crippen LogP contribution < -0.4 is 5.32 Å². The van der Waals surface area contributed by atoms with Crippen LogP contribution >= 0.6 is 0 Å². The van der Waals surface area contributed by atoms with E-state index in [9.17, 15) is 0 Å². The average molecular weight is 215 g/mol. The first kappa shape index (κ1) is 10.3. The molecule has 1 heteroatoms. The fraction of sp³-hybridized carbons (Fsp3) is 0.600. The molecule has 0 heterocycles. The maximum absolute atomic E-state index is 3.84. The predicted molar refractivity (Wildman–Crippen MR) is 67.4 cm³/mol. The Balaban J connectivity index is 1.68. The van der Waals surface area contributed by atoms with E-state index in [-0.39, 0.29) is 0 Å². The lowest BCUT2D eigenvalue weighted by Crippen LogP contribution is -2.38. The normalized spacial score (nSPS) is 26.2. The van der Waals surface area contributed by atoms with Crippen LogP contribution in [0.15, 0.2) is 24.3 Å². The van der Waals surface area contributed by atoms with E-state index in [2.05, 4.69) is 36.5 Å². The molecule has 1 saturated carbocycles. The molecule has 1 fully saturated rings. The number of aryl methyl sites for hydroxylation is 1. The summed E-state index contributed by atoms with van der Waals surface area (Å²) in [5, 5.41) is 3.84. The molecule has 2 aliphatic carbocycles. The molecule has 0 spiro atoms. The van der Waals surface area contributed by atoms with Crippen molar-refractivity contribution in [1.82, 2.24) is 5.32 Å². The Hall–Kier alpha value is -0.820. The van der Waals surface area contributed by atoms with Crippen molar-refractivity contribution in [3.8, 4) is 0 Å². The Morgan fingerprint density at radius 1 is 1.19 bits per heavy atom. The van der Waals surface area contributed by atoms with Crippen LogP contribution in [0.2, 0.25) is 0 Å². The third kappa shape index (κ3) is 1.78. The molecule has 0 radical (unpaired) electrons. The van der Waals surface area contributed by atoms with Crippen molar-refractivity contribution in [2.75, 3.05) is 0 Å². The summed E-state index contributed by atoms with van der Waals surface area (Å²) in [4.78, 5) is 0. The minimum atomic E-state index is 0.617. The Morgan fingerprint density at radius 3 is 2.75 bits per heavy atom. The van der Waals surface area contributed by atoms with Gasteiger partial charge in [-0.05, 0) is 49.7 Å². The van der Waals surface area contributed by atoms with E-state index < -0.39 is 0 Å². The molecule has 1 N–H and O–H groups in total. The first-order valence-corrected chi connectivity index (χ1v) is 6.68. The van der Waals surface area contributed by atoms with Gasteiger partial charge in [-0.25, -0.2) is 0 Å². The van der Waals surface area contributed by atoms with Crippen LogP contribution in [-0.2, 0) is 6.42 Å². The zero-order valence-corrected chi connectivity index (χ0v) is 10.1. The van der Waals surface area contributed by atoms with Gasteiger partial charge < -0.3 is 5.32 Å². The molecule has 1 aromatic carbocycles. The van der Waals surface area contributed by atoms with Crippen LogP contribution in [0.5, 0.6) is 0 Å². The Morgan fingerprint density at radius 2 is 2.00 bits per heavy atom. The SMILES string of the molecule is CC(NC1CCc2ccccc21)C1CCC1. The molecule has 0 saturated heterocycles. The lowest BCUT2D eigenvalue weighted by Gasteiger charge is -2.34. The van der Waals surface area contributed by atoms with Crippen LogP contribution in [0, 0.1) is 5.92 Å². The summed E-state index contributed by atoms with van der Waals surface area (Å²) in [7, 11) is 0. The first-order chi connectivity index (χ1) is 7.84. The van der Waals surface area contributed by atoms with Crippen molar-refractivity contribution >= 4 is 0 Å². The largest absolute Gasteiger partial charge is 0.307 e. The zero-order chi connectivity index (χ0) is 11.0. The van der Waals surface area contributed by atoms with Crippen LogP contribution in [0.3, 0.4) is 0 Å². The molecular weight excluding hydrogens is 194 g/mol. The smallest absolute Gasteiger partial charge is 0.0328 e.